The molecule has 0 fully saturated rings. The van der Waals surface area contributed by atoms with E-state index in [0.29, 0.717) is 6.07 Å². The van der Waals surface area contributed by atoms with Gasteiger partial charge >= 0.3 is 0 Å². The van der Waals surface area contributed by atoms with E-state index < -0.39 is 30.7 Å². The second-order valence-electron chi connectivity index (χ2n) is 3.79. The highest BCUT2D eigenvalue weighted by Gasteiger charge is 2.17. The average Bonchev–Trinajstić information content (AvgIpc) is 2.15. The number of nitrogens with zero attached hydrogens (tertiary/aromatic N) is 1. The number of halogens is 4. The fourth-order valence-corrected chi connectivity index (χ4v) is 1.48. The number of aliphatic hydroxyl groups is 1. The summed E-state index contributed by atoms with van der Waals surface area (Å²) in [7, 11) is 1.39. The van der Waals surface area contributed by atoms with Crippen LogP contribution in [0.1, 0.15) is 11.7 Å². The topological polar surface area (TPSA) is 23.5 Å². The molecule has 0 aliphatic heterocycles. The summed E-state index contributed by atoms with van der Waals surface area (Å²) in [6.07, 6.45) is -3.79. The number of benzene rings is 1. The van der Waals surface area contributed by atoms with Crippen LogP contribution in [-0.4, -0.2) is 36.6 Å². The second kappa shape index (κ2) is 5.97. The van der Waals surface area contributed by atoms with Crippen LogP contribution in [0.5, 0.6) is 0 Å². The van der Waals surface area contributed by atoms with Gasteiger partial charge in [0.05, 0.1) is 12.6 Å². The Hall–Kier alpha value is -1.14. The highest BCUT2D eigenvalue weighted by atomic mass is 19.3. The third-order valence-corrected chi connectivity index (χ3v) is 2.26. The Bertz CT molecular complexity index is 372. The predicted octanol–water partition coefficient (Wildman–Crippen LogP) is 2.20. The van der Waals surface area contributed by atoms with Crippen LogP contribution in [0.4, 0.5) is 17.6 Å². The van der Waals surface area contributed by atoms with E-state index in [0.717, 1.165) is 12.1 Å². The SMILES string of the molecule is CN(CC(F)F)CC(O)c1ccc(F)cc1F. The number of hydrogen-bond donors (Lipinski definition) is 1. The van der Waals surface area contributed by atoms with Crippen LogP contribution in [0.2, 0.25) is 0 Å². The molecule has 1 atom stereocenters. The Morgan fingerprint density at radius 2 is 1.88 bits per heavy atom. The number of hydrogen-bond acceptors (Lipinski definition) is 2. The lowest BCUT2D eigenvalue weighted by atomic mass is 10.1. The minimum absolute atomic E-state index is 0.104. The Kier molecular flexibility index (Phi) is 4.89. The van der Waals surface area contributed by atoms with Gasteiger partial charge in [-0.3, -0.25) is 4.90 Å². The van der Waals surface area contributed by atoms with Crippen LogP contribution in [0, 0.1) is 11.6 Å². The number of alkyl halides is 2. The molecule has 96 valence electrons. The molecule has 0 aliphatic carbocycles. The van der Waals surface area contributed by atoms with Crippen LogP contribution >= 0.6 is 0 Å². The Morgan fingerprint density at radius 3 is 2.41 bits per heavy atom. The van der Waals surface area contributed by atoms with Crippen molar-refractivity contribution in [3.8, 4) is 0 Å². The van der Waals surface area contributed by atoms with Gasteiger partial charge in [-0.05, 0) is 13.1 Å². The van der Waals surface area contributed by atoms with Gasteiger partial charge in [-0.2, -0.15) is 0 Å². The van der Waals surface area contributed by atoms with Gasteiger partial charge in [-0.1, -0.05) is 6.07 Å². The van der Waals surface area contributed by atoms with Gasteiger partial charge in [0, 0.05) is 18.2 Å². The maximum atomic E-state index is 13.2. The van der Waals surface area contributed by atoms with Crippen molar-refractivity contribution in [1.29, 1.82) is 0 Å². The van der Waals surface area contributed by atoms with Crippen LogP contribution in [0.15, 0.2) is 18.2 Å². The Morgan fingerprint density at radius 1 is 1.24 bits per heavy atom. The van der Waals surface area contributed by atoms with Gasteiger partial charge in [-0.25, -0.2) is 17.6 Å². The molecule has 0 aliphatic rings. The summed E-state index contributed by atoms with van der Waals surface area (Å²) in [5.74, 6) is -1.64. The number of likely N-dealkylation sites (N-methyl/N-ethyl adjacent to an activating group) is 1. The molecule has 0 aromatic heterocycles. The molecule has 2 nitrogen and oxygen atoms in total. The van der Waals surface area contributed by atoms with Gasteiger partial charge in [0.15, 0.2) is 0 Å². The highest BCUT2D eigenvalue weighted by Crippen LogP contribution is 2.18. The van der Waals surface area contributed by atoms with Gasteiger partial charge in [0.1, 0.15) is 11.6 Å². The lowest BCUT2D eigenvalue weighted by molar-refractivity contribution is 0.0669. The van der Waals surface area contributed by atoms with Crippen molar-refractivity contribution < 1.29 is 22.7 Å². The van der Waals surface area contributed by atoms with Gasteiger partial charge < -0.3 is 5.11 Å². The molecular formula is C11H13F4NO. The van der Waals surface area contributed by atoms with Crippen LogP contribution in [0.3, 0.4) is 0 Å². The number of aliphatic hydroxyl groups excluding tert-OH is 1. The molecule has 0 bridgehead atoms. The molecule has 6 heteroatoms. The van der Waals surface area contributed by atoms with E-state index in [1.54, 1.807) is 0 Å². The fraction of sp³-hybridized carbons (Fsp3) is 0.455. The van der Waals surface area contributed by atoms with Gasteiger partial charge in [0.2, 0.25) is 0 Å². The molecule has 1 N–H and O–H groups in total. The van der Waals surface area contributed by atoms with Crippen molar-refractivity contribution in [3.05, 3.63) is 35.4 Å². The first-order chi connectivity index (χ1) is 7.90. The zero-order valence-electron chi connectivity index (χ0n) is 9.21. The van der Waals surface area contributed by atoms with Crippen molar-refractivity contribution in [2.24, 2.45) is 0 Å². The van der Waals surface area contributed by atoms with E-state index in [9.17, 15) is 22.7 Å². The average molecular weight is 251 g/mol. The maximum Gasteiger partial charge on any atom is 0.251 e. The number of rotatable bonds is 5. The molecule has 0 spiro atoms. The third kappa shape index (κ3) is 4.32. The lowest BCUT2D eigenvalue weighted by Gasteiger charge is -2.20. The fourth-order valence-electron chi connectivity index (χ4n) is 1.48. The quantitative estimate of drug-likeness (QED) is 0.811. The first-order valence-corrected chi connectivity index (χ1v) is 5.00. The largest absolute Gasteiger partial charge is 0.387 e. The highest BCUT2D eigenvalue weighted by molar-refractivity contribution is 5.21. The van der Waals surface area contributed by atoms with Crippen molar-refractivity contribution >= 4 is 0 Å². The van der Waals surface area contributed by atoms with Crippen LogP contribution < -0.4 is 0 Å². The van der Waals surface area contributed by atoms with E-state index in [1.165, 1.54) is 11.9 Å². The van der Waals surface area contributed by atoms with Crippen molar-refractivity contribution in [1.82, 2.24) is 4.90 Å². The second-order valence-corrected chi connectivity index (χ2v) is 3.79. The molecular weight excluding hydrogens is 238 g/mol. The molecule has 0 heterocycles. The third-order valence-electron chi connectivity index (χ3n) is 2.26. The summed E-state index contributed by atoms with van der Waals surface area (Å²) < 4.78 is 49.9. The summed E-state index contributed by atoms with van der Waals surface area (Å²) in [5, 5.41) is 9.63. The lowest BCUT2D eigenvalue weighted by Crippen LogP contribution is -2.29. The van der Waals surface area contributed by atoms with Crippen molar-refractivity contribution in [2.75, 3.05) is 20.1 Å². The standard InChI is InChI=1S/C11H13F4NO/c1-16(6-11(14)15)5-10(17)8-3-2-7(12)4-9(8)13/h2-4,10-11,17H,5-6H2,1H3. The predicted molar refractivity (Wildman–Crippen MR) is 54.8 cm³/mol. The van der Waals surface area contributed by atoms with Gasteiger partial charge in [-0.15, -0.1) is 0 Å². The molecule has 1 aromatic carbocycles. The molecule has 1 aromatic rings. The maximum absolute atomic E-state index is 13.2. The Labute approximate surface area is 96.5 Å². The molecule has 0 radical (unpaired) electrons. The molecule has 0 saturated heterocycles. The van der Waals surface area contributed by atoms with Gasteiger partial charge in [0.25, 0.3) is 6.43 Å². The van der Waals surface area contributed by atoms with E-state index in [2.05, 4.69) is 0 Å². The van der Waals surface area contributed by atoms with Crippen LogP contribution in [0.25, 0.3) is 0 Å². The van der Waals surface area contributed by atoms with Crippen molar-refractivity contribution in [3.63, 3.8) is 0 Å². The Balaban J connectivity index is 2.66. The summed E-state index contributed by atoms with van der Waals surface area (Å²) in [6.45, 7) is -0.660. The zero-order valence-corrected chi connectivity index (χ0v) is 9.21. The first kappa shape index (κ1) is 13.9. The smallest absolute Gasteiger partial charge is 0.251 e. The summed E-state index contributed by atoms with van der Waals surface area (Å²) >= 11 is 0. The van der Waals surface area contributed by atoms with Crippen molar-refractivity contribution in [2.45, 2.75) is 12.5 Å². The molecule has 17 heavy (non-hydrogen) atoms. The molecule has 1 unspecified atom stereocenters. The normalized spacial score (nSPS) is 13.4. The summed E-state index contributed by atoms with van der Waals surface area (Å²) in [5.41, 5.74) is -0.104. The van der Waals surface area contributed by atoms with E-state index in [-0.39, 0.29) is 12.1 Å². The summed E-state index contributed by atoms with van der Waals surface area (Å²) in [4.78, 5) is 1.18. The molecule has 0 saturated carbocycles. The molecule has 1 rings (SSSR count). The minimum atomic E-state index is -2.52. The van der Waals surface area contributed by atoms with E-state index in [1.807, 2.05) is 0 Å². The molecule has 0 amide bonds. The van der Waals surface area contributed by atoms with E-state index in [4.69, 9.17) is 0 Å². The summed E-state index contributed by atoms with van der Waals surface area (Å²) in [6, 6.07) is 2.76. The monoisotopic (exact) mass is 251 g/mol. The minimum Gasteiger partial charge on any atom is -0.387 e. The van der Waals surface area contributed by atoms with Crippen LogP contribution in [-0.2, 0) is 0 Å². The van der Waals surface area contributed by atoms with E-state index >= 15 is 0 Å². The zero-order chi connectivity index (χ0) is 13.0. The first-order valence-electron chi connectivity index (χ1n) is 5.00.